The van der Waals surface area contributed by atoms with Crippen LogP contribution in [-0.2, 0) is 0 Å². The molecule has 0 fully saturated rings. The maximum atomic E-state index is 2.23. The van der Waals surface area contributed by atoms with E-state index in [1.807, 2.05) is 0 Å². The summed E-state index contributed by atoms with van der Waals surface area (Å²) in [6.07, 6.45) is 0. The van der Waals surface area contributed by atoms with Crippen LogP contribution in [0.25, 0.3) is 11.1 Å². The highest BCUT2D eigenvalue weighted by Crippen LogP contribution is 2.23. The summed E-state index contributed by atoms with van der Waals surface area (Å²) in [5, 5.41) is 0. The van der Waals surface area contributed by atoms with E-state index >= 15 is 0 Å². The summed E-state index contributed by atoms with van der Waals surface area (Å²) >= 11 is 0. The van der Waals surface area contributed by atoms with Crippen LogP contribution < -0.4 is 0 Å². The first kappa shape index (κ1) is 10.9. The summed E-state index contributed by atoms with van der Waals surface area (Å²) in [5.41, 5.74) is 5.31. The highest BCUT2D eigenvalue weighted by Gasteiger charge is 2.00. The molecule has 0 amide bonds. The fourth-order valence-corrected chi connectivity index (χ4v) is 1.89. The lowest BCUT2D eigenvalue weighted by atomic mass is 9.98. The van der Waals surface area contributed by atoms with E-state index in [2.05, 4.69) is 69.3 Å². The number of rotatable bonds is 2. The van der Waals surface area contributed by atoms with Gasteiger partial charge in [0.25, 0.3) is 0 Å². The largest absolute Gasteiger partial charge is 0.0614 e. The van der Waals surface area contributed by atoms with Crippen molar-refractivity contribution >= 4 is 0 Å². The van der Waals surface area contributed by atoms with E-state index in [4.69, 9.17) is 0 Å². The van der Waals surface area contributed by atoms with Crippen LogP contribution in [0.1, 0.15) is 30.9 Å². The molecule has 2 rings (SSSR count). The van der Waals surface area contributed by atoms with Gasteiger partial charge in [0.05, 0.1) is 0 Å². The molecule has 2 aromatic carbocycles. The van der Waals surface area contributed by atoms with E-state index in [-0.39, 0.29) is 0 Å². The summed E-state index contributed by atoms with van der Waals surface area (Å²) in [6, 6.07) is 17.5. The quantitative estimate of drug-likeness (QED) is 0.668. The molecule has 2 aromatic rings. The van der Waals surface area contributed by atoms with Crippen LogP contribution in [0.5, 0.6) is 0 Å². The Labute approximate surface area is 97.9 Å². The molecular formula is C16H18. The van der Waals surface area contributed by atoms with Crippen LogP contribution >= 0.6 is 0 Å². The van der Waals surface area contributed by atoms with Crippen LogP contribution in [0.3, 0.4) is 0 Å². The van der Waals surface area contributed by atoms with E-state index in [0.29, 0.717) is 5.92 Å². The van der Waals surface area contributed by atoms with Gasteiger partial charge in [-0.1, -0.05) is 67.9 Å². The molecule has 0 heterocycles. The number of benzene rings is 2. The van der Waals surface area contributed by atoms with Gasteiger partial charge in [0.2, 0.25) is 0 Å². The van der Waals surface area contributed by atoms with Crippen molar-refractivity contribution in [2.45, 2.75) is 26.7 Å². The van der Waals surface area contributed by atoms with Crippen molar-refractivity contribution in [1.29, 1.82) is 0 Å². The molecule has 0 aliphatic rings. The third-order valence-electron chi connectivity index (χ3n) is 2.93. The SMILES string of the molecule is Cc1cccc(-c2ccc(C(C)C)cc2)c1. The van der Waals surface area contributed by atoms with Crippen molar-refractivity contribution < 1.29 is 0 Å². The lowest BCUT2D eigenvalue weighted by Gasteiger charge is -2.07. The van der Waals surface area contributed by atoms with Gasteiger partial charge in [0.15, 0.2) is 0 Å². The van der Waals surface area contributed by atoms with Crippen molar-refractivity contribution in [3.63, 3.8) is 0 Å². The molecule has 0 heteroatoms. The second kappa shape index (κ2) is 4.52. The summed E-state index contributed by atoms with van der Waals surface area (Å²) in [7, 11) is 0. The van der Waals surface area contributed by atoms with Gasteiger partial charge in [0.1, 0.15) is 0 Å². The Hall–Kier alpha value is -1.56. The second-order valence-corrected chi connectivity index (χ2v) is 4.65. The minimum absolute atomic E-state index is 0.603. The van der Waals surface area contributed by atoms with E-state index in [9.17, 15) is 0 Å². The highest BCUT2D eigenvalue weighted by molar-refractivity contribution is 5.64. The van der Waals surface area contributed by atoms with Gasteiger partial charge in [-0.15, -0.1) is 0 Å². The molecule has 0 atom stereocenters. The molecule has 0 saturated heterocycles. The van der Waals surface area contributed by atoms with Gasteiger partial charge >= 0.3 is 0 Å². The molecule has 0 bridgehead atoms. The van der Waals surface area contributed by atoms with Crippen molar-refractivity contribution in [3.05, 3.63) is 59.7 Å². The Morgan fingerprint density at radius 2 is 1.50 bits per heavy atom. The van der Waals surface area contributed by atoms with Crippen LogP contribution in [0.2, 0.25) is 0 Å². The van der Waals surface area contributed by atoms with Gasteiger partial charge in [-0.3, -0.25) is 0 Å². The Bertz CT molecular complexity index is 464. The first-order valence-corrected chi connectivity index (χ1v) is 5.84. The Morgan fingerprint density at radius 1 is 0.812 bits per heavy atom. The van der Waals surface area contributed by atoms with Crippen molar-refractivity contribution in [3.8, 4) is 11.1 Å². The average Bonchev–Trinajstić information content (AvgIpc) is 2.29. The molecule has 0 aliphatic heterocycles. The zero-order valence-electron chi connectivity index (χ0n) is 10.2. The lowest BCUT2D eigenvalue weighted by molar-refractivity contribution is 0.867. The Kier molecular flexibility index (Phi) is 3.09. The minimum atomic E-state index is 0.603. The van der Waals surface area contributed by atoms with Crippen LogP contribution in [0.15, 0.2) is 48.5 Å². The molecule has 0 aromatic heterocycles. The predicted octanol–water partition coefficient (Wildman–Crippen LogP) is 4.79. The minimum Gasteiger partial charge on any atom is -0.0614 e. The van der Waals surface area contributed by atoms with Gasteiger partial charge in [-0.05, 0) is 29.5 Å². The Morgan fingerprint density at radius 3 is 2.06 bits per heavy atom. The van der Waals surface area contributed by atoms with Crippen molar-refractivity contribution in [2.24, 2.45) is 0 Å². The zero-order chi connectivity index (χ0) is 11.5. The van der Waals surface area contributed by atoms with Crippen LogP contribution in [0.4, 0.5) is 0 Å². The lowest BCUT2D eigenvalue weighted by Crippen LogP contribution is -1.86. The summed E-state index contributed by atoms with van der Waals surface area (Å²) < 4.78 is 0. The normalized spacial score (nSPS) is 10.8. The number of aryl methyl sites for hydroxylation is 1. The van der Waals surface area contributed by atoms with Gasteiger partial charge < -0.3 is 0 Å². The smallest absolute Gasteiger partial charge is 0.0181 e. The summed E-state index contributed by atoms with van der Waals surface area (Å²) in [6.45, 7) is 6.58. The summed E-state index contributed by atoms with van der Waals surface area (Å²) in [4.78, 5) is 0. The second-order valence-electron chi connectivity index (χ2n) is 4.65. The Balaban J connectivity index is 2.35. The maximum absolute atomic E-state index is 2.23. The maximum Gasteiger partial charge on any atom is -0.0181 e. The standard InChI is InChI=1S/C16H18/c1-12(2)14-7-9-15(10-8-14)16-6-4-5-13(3)11-16/h4-12H,1-3H3. The molecule has 0 unspecified atom stereocenters. The van der Waals surface area contributed by atoms with E-state index in [1.54, 1.807) is 0 Å². The van der Waals surface area contributed by atoms with E-state index in [1.165, 1.54) is 22.3 Å². The molecule has 0 radical (unpaired) electrons. The molecule has 0 N–H and O–H groups in total. The fraction of sp³-hybridized carbons (Fsp3) is 0.250. The van der Waals surface area contributed by atoms with Crippen LogP contribution in [-0.4, -0.2) is 0 Å². The van der Waals surface area contributed by atoms with Gasteiger partial charge in [-0.2, -0.15) is 0 Å². The predicted molar refractivity (Wildman–Crippen MR) is 70.7 cm³/mol. The topological polar surface area (TPSA) is 0 Å². The molecule has 0 nitrogen and oxygen atoms in total. The highest BCUT2D eigenvalue weighted by atomic mass is 14.1. The van der Waals surface area contributed by atoms with Gasteiger partial charge in [-0.25, -0.2) is 0 Å². The van der Waals surface area contributed by atoms with Crippen LogP contribution in [0, 0.1) is 6.92 Å². The third-order valence-corrected chi connectivity index (χ3v) is 2.93. The van der Waals surface area contributed by atoms with E-state index < -0.39 is 0 Å². The molecular weight excluding hydrogens is 192 g/mol. The van der Waals surface area contributed by atoms with E-state index in [0.717, 1.165) is 0 Å². The average molecular weight is 210 g/mol. The summed E-state index contributed by atoms with van der Waals surface area (Å²) in [5.74, 6) is 0.603. The number of hydrogen-bond acceptors (Lipinski definition) is 0. The zero-order valence-corrected chi connectivity index (χ0v) is 10.2. The molecule has 0 aliphatic carbocycles. The van der Waals surface area contributed by atoms with Crippen molar-refractivity contribution in [2.75, 3.05) is 0 Å². The molecule has 16 heavy (non-hydrogen) atoms. The fourth-order valence-electron chi connectivity index (χ4n) is 1.89. The first-order chi connectivity index (χ1) is 7.66. The van der Waals surface area contributed by atoms with Gasteiger partial charge in [0, 0.05) is 0 Å². The molecule has 0 saturated carbocycles. The monoisotopic (exact) mass is 210 g/mol. The van der Waals surface area contributed by atoms with Crippen molar-refractivity contribution in [1.82, 2.24) is 0 Å². The molecule has 0 spiro atoms. The number of hydrogen-bond donors (Lipinski definition) is 0. The third kappa shape index (κ3) is 2.33. The first-order valence-electron chi connectivity index (χ1n) is 5.84. The molecule has 82 valence electrons.